The Bertz CT molecular complexity index is 1500. The van der Waals surface area contributed by atoms with Gasteiger partial charge in [-0.2, -0.15) is 9.40 Å². The van der Waals surface area contributed by atoms with Gasteiger partial charge in [-0.1, -0.05) is 60.7 Å². The number of ether oxygens (including phenoxy) is 1. The first-order chi connectivity index (χ1) is 18.3. The number of rotatable bonds is 10. The lowest BCUT2D eigenvalue weighted by atomic mass is 10.2. The summed E-state index contributed by atoms with van der Waals surface area (Å²) in [4.78, 5) is 13.2. The quantitative estimate of drug-likeness (QED) is 0.304. The van der Waals surface area contributed by atoms with Gasteiger partial charge in [-0.05, 0) is 49.8 Å². The number of hydrogen-bond donors (Lipinski definition) is 1. The highest BCUT2D eigenvalue weighted by atomic mass is 32.2. The van der Waals surface area contributed by atoms with Crippen molar-refractivity contribution in [3.63, 3.8) is 0 Å². The number of hydrogen-bond acceptors (Lipinski definition) is 5. The number of benzene rings is 3. The van der Waals surface area contributed by atoms with Crippen LogP contribution in [-0.2, 0) is 14.8 Å². The summed E-state index contributed by atoms with van der Waals surface area (Å²) >= 11 is 0. The summed E-state index contributed by atoms with van der Waals surface area (Å²) in [6, 6.07) is 27.3. The number of aromatic nitrogens is 2. The van der Waals surface area contributed by atoms with E-state index in [1.54, 1.807) is 43.8 Å². The molecular weight excluding hydrogens is 500 g/mol. The molecular formula is C29H30N4O4S. The first kappa shape index (κ1) is 26.8. The number of amides is 1. The number of carbonyl (C=O) groups excluding carboxylic acids is 1. The number of nitrogens with zero attached hydrogens (tertiary/aromatic N) is 3. The summed E-state index contributed by atoms with van der Waals surface area (Å²) in [5, 5.41) is 8.69. The molecule has 0 unspecified atom stereocenters. The van der Waals surface area contributed by atoms with Crippen molar-refractivity contribution in [2.24, 2.45) is 0 Å². The molecule has 8 nitrogen and oxygen atoms in total. The number of carbonyl (C=O) groups is 1. The molecule has 4 rings (SSSR count). The average molecular weight is 531 g/mol. The molecule has 1 N–H and O–H groups in total. The minimum Gasteiger partial charge on any atom is -0.497 e. The van der Waals surface area contributed by atoms with Gasteiger partial charge in [-0.15, -0.1) is 0 Å². The summed E-state index contributed by atoms with van der Waals surface area (Å²) < 4.78 is 34.2. The Kier molecular flexibility index (Phi) is 8.40. The molecule has 38 heavy (non-hydrogen) atoms. The van der Waals surface area contributed by atoms with Crippen LogP contribution in [0.15, 0.2) is 96.4 Å². The smallest absolute Gasteiger partial charge is 0.240 e. The zero-order valence-corrected chi connectivity index (χ0v) is 22.3. The van der Waals surface area contributed by atoms with E-state index in [1.807, 2.05) is 72.8 Å². The zero-order valence-electron chi connectivity index (χ0n) is 21.5. The van der Waals surface area contributed by atoms with Crippen LogP contribution >= 0.6 is 0 Å². The van der Waals surface area contributed by atoms with E-state index in [0.717, 1.165) is 20.8 Å². The standard InChI is InChI=1S/C29H30N4O4S/c1-22(2)32(38(35,36)19-18-23-10-6-4-7-11-23)21-29(34)30-28-20-27(24-12-8-5-9-13-24)31-33(28)25-14-16-26(37-3)17-15-25/h4-20,22H,21H2,1-3H3,(H,30,34)/b19-18+. The fraction of sp³-hybridized carbons (Fsp3) is 0.172. The molecule has 9 heteroatoms. The second-order valence-electron chi connectivity index (χ2n) is 8.84. The maximum absolute atomic E-state index is 13.2. The van der Waals surface area contributed by atoms with Gasteiger partial charge in [0.05, 0.1) is 25.0 Å². The van der Waals surface area contributed by atoms with Crippen molar-refractivity contribution in [2.75, 3.05) is 19.0 Å². The van der Waals surface area contributed by atoms with Crippen molar-refractivity contribution in [3.05, 3.63) is 102 Å². The normalized spacial score (nSPS) is 11.8. The summed E-state index contributed by atoms with van der Waals surface area (Å²) in [7, 11) is -2.27. The van der Waals surface area contributed by atoms with Gasteiger partial charge in [0.15, 0.2) is 0 Å². The lowest BCUT2D eigenvalue weighted by Crippen LogP contribution is -2.41. The van der Waals surface area contributed by atoms with E-state index in [0.29, 0.717) is 22.9 Å². The van der Waals surface area contributed by atoms with Crippen molar-refractivity contribution in [1.29, 1.82) is 0 Å². The molecule has 0 aliphatic heterocycles. The Morgan fingerprint density at radius 3 is 2.24 bits per heavy atom. The molecule has 0 fully saturated rings. The molecule has 0 radical (unpaired) electrons. The average Bonchev–Trinajstić information content (AvgIpc) is 3.35. The van der Waals surface area contributed by atoms with E-state index in [2.05, 4.69) is 5.32 Å². The van der Waals surface area contributed by atoms with Crippen LogP contribution in [0.5, 0.6) is 5.75 Å². The van der Waals surface area contributed by atoms with Crippen LogP contribution < -0.4 is 10.1 Å². The van der Waals surface area contributed by atoms with E-state index < -0.39 is 22.0 Å². The Labute approximate surface area is 223 Å². The van der Waals surface area contributed by atoms with Crippen molar-refractivity contribution in [1.82, 2.24) is 14.1 Å². The highest BCUT2D eigenvalue weighted by Gasteiger charge is 2.26. The molecule has 0 aliphatic rings. The second-order valence-corrected chi connectivity index (χ2v) is 10.6. The summed E-state index contributed by atoms with van der Waals surface area (Å²) in [6.07, 6.45) is 1.52. The molecule has 0 aliphatic carbocycles. The van der Waals surface area contributed by atoms with Crippen LogP contribution in [0.3, 0.4) is 0 Å². The summed E-state index contributed by atoms with van der Waals surface area (Å²) in [5.74, 6) is 0.626. The Hall–Kier alpha value is -4.21. The predicted molar refractivity (Wildman–Crippen MR) is 150 cm³/mol. The van der Waals surface area contributed by atoms with Crippen LogP contribution in [0, 0.1) is 0 Å². The highest BCUT2D eigenvalue weighted by Crippen LogP contribution is 2.26. The fourth-order valence-corrected chi connectivity index (χ4v) is 5.21. The molecule has 0 saturated heterocycles. The predicted octanol–water partition coefficient (Wildman–Crippen LogP) is 5.20. The lowest BCUT2D eigenvalue weighted by Gasteiger charge is -2.23. The van der Waals surface area contributed by atoms with Gasteiger partial charge in [0.25, 0.3) is 0 Å². The number of sulfonamides is 1. The molecule has 196 valence electrons. The van der Waals surface area contributed by atoms with Gasteiger partial charge in [0.2, 0.25) is 15.9 Å². The Morgan fingerprint density at radius 2 is 1.63 bits per heavy atom. The number of nitrogens with one attached hydrogen (secondary N) is 1. The second kappa shape index (κ2) is 11.9. The van der Waals surface area contributed by atoms with E-state index in [1.165, 1.54) is 6.08 Å². The first-order valence-electron chi connectivity index (χ1n) is 12.1. The molecule has 1 heterocycles. The third-order valence-electron chi connectivity index (χ3n) is 5.80. The topological polar surface area (TPSA) is 93.5 Å². The van der Waals surface area contributed by atoms with Crippen molar-refractivity contribution in [2.45, 2.75) is 19.9 Å². The van der Waals surface area contributed by atoms with E-state index in [9.17, 15) is 13.2 Å². The number of methoxy groups -OCH3 is 1. The fourth-order valence-electron chi connectivity index (χ4n) is 3.84. The van der Waals surface area contributed by atoms with E-state index in [-0.39, 0.29) is 6.54 Å². The van der Waals surface area contributed by atoms with Gasteiger partial charge in [0, 0.05) is 23.1 Å². The molecule has 1 amide bonds. The van der Waals surface area contributed by atoms with Gasteiger partial charge in [-0.3, -0.25) is 4.79 Å². The third kappa shape index (κ3) is 6.56. The van der Waals surface area contributed by atoms with Crippen LogP contribution in [0.4, 0.5) is 5.82 Å². The van der Waals surface area contributed by atoms with Crippen LogP contribution in [-0.4, -0.2) is 48.1 Å². The summed E-state index contributed by atoms with van der Waals surface area (Å²) in [6.45, 7) is 3.11. The van der Waals surface area contributed by atoms with Crippen LogP contribution in [0.25, 0.3) is 23.0 Å². The highest BCUT2D eigenvalue weighted by molar-refractivity contribution is 7.92. The minimum absolute atomic E-state index is 0.354. The van der Waals surface area contributed by atoms with Crippen molar-refractivity contribution < 1.29 is 17.9 Å². The first-order valence-corrected chi connectivity index (χ1v) is 13.6. The van der Waals surface area contributed by atoms with E-state index in [4.69, 9.17) is 9.84 Å². The Morgan fingerprint density at radius 1 is 1.00 bits per heavy atom. The van der Waals surface area contributed by atoms with Crippen LogP contribution in [0.2, 0.25) is 0 Å². The van der Waals surface area contributed by atoms with Crippen LogP contribution in [0.1, 0.15) is 19.4 Å². The minimum atomic E-state index is -3.86. The van der Waals surface area contributed by atoms with Crippen molar-refractivity contribution >= 4 is 27.8 Å². The maximum Gasteiger partial charge on any atom is 0.240 e. The molecule has 3 aromatic carbocycles. The monoisotopic (exact) mass is 530 g/mol. The molecule has 0 atom stereocenters. The van der Waals surface area contributed by atoms with Gasteiger partial charge < -0.3 is 10.1 Å². The van der Waals surface area contributed by atoms with Gasteiger partial charge in [-0.25, -0.2) is 13.1 Å². The Balaban J connectivity index is 1.60. The molecule has 0 spiro atoms. The zero-order chi connectivity index (χ0) is 27.1. The molecule has 4 aromatic rings. The maximum atomic E-state index is 13.2. The van der Waals surface area contributed by atoms with Crippen molar-refractivity contribution in [3.8, 4) is 22.7 Å². The van der Waals surface area contributed by atoms with E-state index >= 15 is 0 Å². The SMILES string of the molecule is COc1ccc(-n2nc(-c3ccccc3)cc2NC(=O)CN(C(C)C)S(=O)(=O)/C=C/c2ccccc2)cc1. The number of anilines is 1. The largest absolute Gasteiger partial charge is 0.497 e. The molecule has 0 bridgehead atoms. The van der Waals surface area contributed by atoms with Gasteiger partial charge >= 0.3 is 0 Å². The summed E-state index contributed by atoms with van der Waals surface area (Å²) in [5.41, 5.74) is 3.01. The third-order valence-corrected chi connectivity index (χ3v) is 7.48. The molecule has 1 aromatic heterocycles. The lowest BCUT2D eigenvalue weighted by molar-refractivity contribution is -0.116. The molecule has 0 saturated carbocycles. The van der Waals surface area contributed by atoms with Gasteiger partial charge in [0.1, 0.15) is 11.6 Å².